The van der Waals surface area contributed by atoms with Crippen LogP contribution in [0.4, 0.5) is 5.82 Å². The Bertz CT molecular complexity index is 1420. The smallest absolute Gasteiger partial charge is 0.267 e. The van der Waals surface area contributed by atoms with Gasteiger partial charge in [0.05, 0.1) is 40.2 Å². The minimum atomic E-state index is -3.19. The highest BCUT2D eigenvalue weighted by molar-refractivity contribution is 8.26. The lowest BCUT2D eigenvalue weighted by molar-refractivity contribution is -0.123. The molecule has 0 spiro atoms. The number of thiocarbonyl (C=S) groups is 1. The van der Waals surface area contributed by atoms with Crippen LogP contribution in [-0.2, 0) is 19.4 Å². The lowest BCUT2D eigenvalue weighted by Gasteiger charge is -2.36. The third-order valence-electron chi connectivity index (χ3n) is 6.46. The van der Waals surface area contributed by atoms with Gasteiger partial charge in [0.25, 0.3) is 11.5 Å². The van der Waals surface area contributed by atoms with Gasteiger partial charge in [0, 0.05) is 19.3 Å². The van der Waals surface area contributed by atoms with Gasteiger partial charge in [-0.05, 0) is 44.9 Å². The van der Waals surface area contributed by atoms with E-state index in [4.69, 9.17) is 21.9 Å². The van der Waals surface area contributed by atoms with Gasteiger partial charge in [-0.25, -0.2) is 13.4 Å². The molecule has 3 saturated heterocycles. The van der Waals surface area contributed by atoms with Crippen LogP contribution in [0.5, 0.6) is 0 Å². The molecule has 3 aliphatic heterocycles. The largest absolute Gasteiger partial charge is 0.372 e. The number of aryl methyl sites for hydroxylation is 1. The number of morpholine rings is 1. The van der Waals surface area contributed by atoms with Crippen molar-refractivity contribution < 1.29 is 17.9 Å². The van der Waals surface area contributed by atoms with E-state index in [-0.39, 0.29) is 35.2 Å². The van der Waals surface area contributed by atoms with Crippen LogP contribution in [0.2, 0.25) is 0 Å². The van der Waals surface area contributed by atoms with E-state index in [9.17, 15) is 18.0 Å². The molecule has 2 aromatic heterocycles. The van der Waals surface area contributed by atoms with E-state index < -0.39 is 15.9 Å². The maximum absolute atomic E-state index is 13.7. The van der Waals surface area contributed by atoms with Crippen LogP contribution >= 0.6 is 24.0 Å². The number of thioether (sulfide) groups is 1. The van der Waals surface area contributed by atoms with Gasteiger partial charge in [-0.2, -0.15) is 0 Å². The van der Waals surface area contributed by atoms with Crippen LogP contribution in [0.1, 0.15) is 31.4 Å². The highest BCUT2D eigenvalue weighted by Gasteiger charge is 2.42. The SMILES string of the molecule is Cc1cccn2c(=O)c(C=C3SC(=S)N(C4CCS(=O)(=O)C4)C3=O)c(N3CC(C)OC(C)C3)nc12. The molecule has 35 heavy (non-hydrogen) atoms. The Morgan fingerprint density at radius 1 is 1.23 bits per heavy atom. The number of sulfone groups is 1. The van der Waals surface area contributed by atoms with E-state index in [1.54, 1.807) is 18.3 Å². The number of aromatic nitrogens is 2. The van der Waals surface area contributed by atoms with E-state index in [2.05, 4.69) is 0 Å². The van der Waals surface area contributed by atoms with Crippen molar-refractivity contribution in [2.75, 3.05) is 29.5 Å². The van der Waals surface area contributed by atoms with Gasteiger partial charge in [0.2, 0.25) is 0 Å². The normalized spacial score (nSPS) is 28.0. The molecule has 0 N–H and O–H groups in total. The first-order chi connectivity index (χ1) is 16.5. The lowest BCUT2D eigenvalue weighted by atomic mass is 10.1. The van der Waals surface area contributed by atoms with Crippen molar-refractivity contribution in [1.29, 1.82) is 0 Å². The molecule has 9 nitrogen and oxygen atoms in total. The van der Waals surface area contributed by atoms with Crippen molar-refractivity contribution in [3.8, 4) is 0 Å². The second-order valence-electron chi connectivity index (χ2n) is 9.31. The first-order valence-corrected chi connectivity index (χ1v) is 14.5. The summed E-state index contributed by atoms with van der Waals surface area (Å²) < 4.78 is 31.6. The average Bonchev–Trinajstić information content (AvgIpc) is 3.26. The summed E-state index contributed by atoms with van der Waals surface area (Å²) in [4.78, 5) is 35.6. The molecule has 186 valence electrons. The fourth-order valence-corrected chi connectivity index (χ4v) is 8.01. The number of carbonyl (C=O) groups is 1. The third-order valence-corrected chi connectivity index (χ3v) is 9.54. The predicted molar refractivity (Wildman–Crippen MR) is 140 cm³/mol. The van der Waals surface area contributed by atoms with Gasteiger partial charge in [-0.3, -0.25) is 18.9 Å². The van der Waals surface area contributed by atoms with Crippen LogP contribution in [0.15, 0.2) is 28.0 Å². The molecule has 3 aliphatic rings. The van der Waals surface area contributed by atoms with Crippen molar-refractivity contribution in [3.05, 3.63) is 44.7 Å². The molecule has 3 unspecified atom stereocenters. The molecule has 0 aliphatic carbocycles. The summed E-state index contributed by atoms with van der Waals surface area (Å²) in [5, 5.41) is 0. The van der Waals surface area contributed by atoms with Crippen LogP contribution in [-0.4, -0.2) is 75.8 Å². The number of fused-ring (bicyclic) bond motifs is 1. The van der Waals surface area contributed by atoms with Crippen LogP contribution < -0.4 is 10.5 Å². The van der Waals surface area contributed by atoms with E-state index in [0.717, 1.165) is 17.3 Å². The Morgan fingerprint density at radius 3 is 2.60 bits per heavy atom. The number of amides is 1. The Balaban J connectivity index is 1.62. The molecule has 0 saturated carbocycles. The monoisotopic (exact) mass is 534 g/mol. The van der Waals surface area contributed by atoms with Crippen molar-refractivity contribution >= 4 is 61.6 Å². The van der Waals surface area contributed by atoms with E-state index >= 15 is 0 Å². The minimum Gasteiger partial charge on any atom is -0.372 e. The van der Waals surface area contributed by atoms with Crippen molar-refractivity contribution in [2.45, 2.75) is 45.4 Å². The summed E-state index contributed by atoms with van der Waals surface area (Å²) >= 11 is 6.54. The summed E-state index contributed by atoms with van der Waals surface area (Å²) in [6.45, 7) is 6.96. The van der Waals surface area contributed by atoms with Crippen LogP contribution in [0, 0.1) is 6.92 Å². The zero-order valence-electron chi connectivity index (χ0n) is 19.6. The van der Waals surface area contributed by atoms with Crippen LogP contribution in [0.3, 0.4) is 0 Å². The number of carbonyl (C=O) groups excluding carboxylic acids is 1. The second-order valence-corrected chi connectivity index (χ2v) is 13.2. The number of pyridine rings is 1. The molecule has 0 aromatic carbocycles. The maximum Gasteiger partial charge on any atom is 0.267 e. The van der Waals surface area contributed by atoms with Crippen LogP contribution in [0.25, 0.3) is 11.7 Å². The highest BCUT2D eigenvalue weighted by atomic mass is 32.2. The Hall–Kier alpha value is -2.28. The minimum absolute atomic E-state index is 0.0423. The number of ether oxygens (including phenoxy) is 1. The quantitative estimate of drug-likeness (QED) is 0.432. The van der Waals surface area contributed by atoms with E-state index in [1.807, 2.05) is 31.7 Å². The summed E-state index contributed by atoms with van der Waals surface area (Å²) in [7, 11) is -3.19. The van der Waals surface area contributed by atoms with Gasteiger partial charge < -0.3 is 9.64 Å². The Kier molecular flexibility index (Phi) is 6.27. The topological polar surface area (TPSA) is 101 Å². The molecule has 0 radical (unpaired) electrons. The zero-order chi connectivity index (χ0) is 25.1. The molecule has 12 heteroatoms. The highest BCUT2D eigenvalue weighted by Crippen LogP contribution is 2.37. The summed E-state index contributed by atoms with van der Waals surface area (Å²) in [5.41, 5.74) is 1.43. The lowest BCUT2D eigenvalue weighted by Crippen LogP contribution is -2.46. The number of nitrogens with zero attached hydrogens (tertiary/aromatic N) is 4. The molecule has 0 bridgehead atoms. The number of hydrogen-bond acceptors (Lipinski definition) is 9. The Labute approximate surface area is 213 Å². The zero-order valence-corrected chi connectivity index (χ0v) is 22.1. The molecular formula is C23H26N4O5S3. The van der Waals surface area contributed by atoms with Crippen molar-refractivity contribution in [2.24, 2.45) is 0 Å². The molecule has 2 aromatic rings. The van der Waals surface area contributed by atoms with E-state index in [1.165, 1.54) is 9.30 Å². The molecule has 1 amide bonds. The van der Waals surface area contributed by atoms with Crippen molar-refractivity contribution in [1.82, 2.24) is 14.3 Å². The molecule has 3 atom stereocenters. The average molecular weight is 535 g/mol. The molecule has 5 heterocycles. The first kappa shape index (κ1) is 24.4. The van der Waals surface area contributed by atoms with Gasteiger partial charge >= 0.3 is 0 Å². The maximum atomic E-state index is 13.7. The summed E-state index contributed by atoms with van der Waals surface area (Å²) in [6, 6.07) is 3.21. The molecular weight excluding hydrogens is 508 g/mol. The number of hydrogen-bond donors (Lipinski definition) is 0. The van der Waals surface area contributed by atoms with Gasteiger partial charge in [-0.1, -0.05) is 30.0 Å². The fraction of sp³-hybridized carbons (Fsp3) is 0.478. The summed E-state index contributed by atoms with van der Waals surface area (Å²) in [5.74, 6) is 0.0761. The molecule has 3 fully saturated rings. The third kappa shape index (κ3) is 4.52. The second kappa shape index (κ2) is 8.99. The first-order valence-electron chi connectivity index (χ1n) is 11.4. The van der Waals surface area contributed by atoms with Crippen molar-refractivity contribution in [3.63, 3.8) is 0 Å². The Morgan fingerprint density at radius 2 is 1.94 bits per heavy atom. The molecule has 5 rings (SSSR count). The van der Waals surface area contributed by atoms with Gasteiger partial charge in [0.1, 0.15) is 15.8 Å². The summed E-state index contributed by atoms with van der Waals surface area (Å²) in [6.07, 6.45) is 3.49. The number of rotatable bonds is 3. The fourth-order valence-electron chi connectivity index (χ4n) is 4.92. The standard InChI is InChI=1S/C23H26N4O5S3/c1-13-5-4-7-26-19(13)24-20(25-10-14(2)32-15(3)11-25)17(21(26)28)9-18-22(29)27(23(33)34-18)16-6-8-35(30,31)12-16/h4-5,7,9,14-16H,6,8,10-12H2,1-3H3. The van der Waals surface area contributed by atoms with E-state index in [0.29, 0.717) is 45.8 Å². The predicted octanol–water partition coefficient (Wildman–Crippen LogP) is 2.00. The van der Waals surface area contributed by atoms with Gasteiger partial charge in [-0.15, -0.1) is 0 Å². The number of anilines is 1. The van der Waals surface area contributed by atoms with Gasteiger partial charge in [0.15, 0.2) is 9.84 Å².